The molecule has 0 aromatic carbocycles. The zero-order valence-electron chi connectivity index (χ0n) is 9.87. The minimum Gasteiger partial charge on any atom is -0.379 e. The van der Waals surface area contributed by atoms with Crippen LogP contribution < -0.4 is 0 Å². The van der Waals surface area contributed by atoms with Gasteiger partial charge < -0.3 is 18.7 Å². The second-order valence-corrected chi connectivity index (χ2v) is 4.88. The van der Waals surface area contributed by atoms with Crippen LogP contribution in [0.15, 0.2) is 0 Å². The first-order valence-electron chi connectivity index (χ1n) is 5.62. The molecule has 0 bridgehead atoms. The predicted molar refractivity (Wildman–Crippen MR) is 75.7 cm³/mol. The van der Waals surface area contributed by atoms with Gasteiger partial charge in [0, 0.05) is 6.61 Å². The van der Waals surface area contributed by atoms with E-state index in [1.54, 1.807) is 0 Å². The van der Waals surface area contributed by atoms with Gasteiger partial charge in [0.05, 0.1) is 46.1 Å². The molecule has 0 aliphatic rings. The monoisotopic (exact) mass is 364 g/mol. The first kappa shape index (κ1) is 17.0. The summed E-state index contributed by atoms with van der Waals surface area (Å²) in [5, 5.41) is 0. The lowest BCUT2D eigenvalue weighted by Gasteiger charge is -2.06. The summed E-state index contributed by atoms with van der Waals surface area (Å²) in [5.74, 6) is 0. The van der Waals surface area contributed by atoms with E-state index < -0.39 is 0 Å². The van der Waals surface area contributed by atoms with E-state index >= 15 is 0 Å². The van der Waals surface area contributed by atoms with Gasteiger partial charge in [-0.25, -0.2) is 0 Å². The maximum Gasteiger partial charge on any atom is 0.0794 e. The summed E-state index contributed by atoms with van der Waals surface area (Å²) in [5.41, 5.74) is 0. The predicted octanol–water partition coefficient (Wildman–Crippen LogP) is 2.80. The molecule has 0 saturated heterocycles. The summed E-state index contributed by atoms with van der Waals surface area (Å²) < 4.78 is 21.1. The highest BCUT2D eigenvalue weighted by atomic mass is 127. The first-order chi connectivity index (χ1) is 7.91. The smallest absolute Gasteiger partial charge is 0.0794 e. The van der Waals surface area contributed by atoms with Gasteiger partial charge in [-0.3, -0.25) is 0 Å². The molecule has 0 amide bonds. The lowest BCUT2D eigenvalue weighted by atomic mass is 10.4. The van der Waals surface area contributed by atoms with Crippen molar-refractivity contribution in [3.05, 3.63) is 0 Å². The molecular weight excluding hydrogens is 342 g/mol. The molecule has 16 heavy (non-hydrogen) atoms. The second kappa shape index (κ2) is 16.0. The van der Waals surface area contributed by atoms with Gasteiger partial charge in [-0.2, -0.15) is 0 Å². The van der Waals surface area contributed by atoms with Crippen LogP contribution in [0, 0.1) is 0 Å². The zero-order chi connectivity index (χ0) is 11.9. The summed E-state index contributed by atoms with van der Waals surface area (Å²) in [7, 11) is 0. The molecule has 98 valence electrons. The highest BCUT2D eigenvalue weighted by molar-refractivity contribution is 14.2. The van der Waals surface area contributed by atoms with Crippen LogP contribution in [0.25, 0.3) is 0 Å². The molecule has 0 saturated carbocycles. The minimum atomic E-state index is 0.512. The fraction of sp³-hybridized carbons (Fsp3) is 1.00. The maximum atomic E-state index is 5.35. The number of halogens is 1. The molecule has 0 aromatic rings. The Morgan fingerprint density at radius 3 is 1.81 bits per heavy atom. The molecule has 0 aliphatic carbocycles. The van der Waals surface area contributed by atoms with Crippen molar-refractivity contribution in [1.82, 2.24) is 0 Å². The molecule has 0 rings (SSSR count). The Hall–Kier alpha value is 1.00. The molecule has 0 fully saturated rings. The highest BCUT2D eigenvalue weighted by Crippen LogP contribution is 2.20. The summed E-state index contributed by atoms with van der Waals surface area (Å²) in [6.07, 6.45) is 2.30. The molecule has 6 heteroatoms. The van der Waals surface area contributed by atoms with Crippen molar-refractivity contribution in [1.29, 1.82) is 0 Å². The quantitative estimate of drug-likeness (QED) is 0.286. The Labute approximate surface area is 113 Å². The van der Waals surface area contributed by atoms with Crippen molar-refractivity contribution in [2.75, 3.05) is 46.2 Å². The van der Waals surface area contributed by atoms with Crippen molar-refractivity contribution in [2.24, 2.45) is 0 Å². The van der Waals surface area contributed by atoms with Crippen LogP contribution in [0.1, 0.15) is 19.8 Å². The molecule has 0 spiro atoms. The average molecular weight is 364 g/mol. The summed E-state index contributed by atoms with van der Waals surface area (Å²) in [6.45, 7) is 7.40. The number of unbranched alkanes of at least 4 members (excludes halogenated alkanes) is 1. The largest absolute Gasteiger partial charge is 0.379 e. The van der Waals surface area contributed by atoms with Crippen LogP contribution in [0.2, 0.25) is 0 Å². The summed E-state index contributed by atoms with van der Waals surface area (Å²) >= 11 is 2.19. The molecule has 1 atom stereocenters. The second-order valence-electron chi connectivity index (χ2n) is 3.12. The van der Waals surface area contributed by atoms with E-state index in [0.29, 0.717) is 46.1 Å². The summed E-state index contributed by atoms with van der Waals surface area (Å²) in [4.78, 5) is 0. The van der Waals surface area contributed by atoms with Crippen LogP contribution in [0.5, 0.6) is 0 Å². The summed E-state index contributed by atoms with van der Waals surface area (Å²) in [6, 6.07) is 0. The van der Waals surface area contributed by atoms with Gasteiger partial charge in [0.25, 0.3) is 0 Å². The van der Waals surface area contributed by atoms with E-state index in [2.05, 4.69) is 29.0 Å². The number of hydrogen-bond donors (Lipinski definition) is 0. The molecular formula is C10H22IO4P. The van der Waals surface area contributed by atoms with E-state index in [4.69, 9.17) is 18.7 Å². The van der Waals surface area contributed by atoms with Gasteiger partial charge in [-0.1, -0.05) is 13.3 Å². The van der Waals surface area contributed by atoms with Crippen LogP contribution in [0.3, 0.4) is 0 Å². The van der Waals surface area contributed by atoms with Crippen LogP contribution in [-0.2, 0) is 18.7 Å². The standard InChI is InChI=1S/C10H22IO4P/c1-2-3-4-12-5-6-13-7-8-14-9-10-15-16-11/h16H,2-10H2,1H3. The van der Waals surface area contributed by atoms with E-state index in [-0.39, 0.29) is 0 Å². The third kappa shape index (κ3) is 15.0. The fourth-order valence-electron chi connectivity index (χ4n) is 0.927. The van der Waals surface area contributed by atoms with Crippen LogP contribution in [-0.4, -0.2) is 46.2 Å². The van der Waals surface area contributed by atoms with Gasteiger partial charge in [0.15, 0.2) is 0 Å². The SMILES string of the molecule is CCCCOCCOCCOCCOPI. The molecule has 0 aliphatic heterocycles. The first-order valence-corrected chi connectivity index (χ1v) is 9.64. The molecule has 0 N–H and O–H groups in total. The Bertz CT molecular complexity index is 115. The fourth-order valence-corrected chi connectivity index (χ4v) is 1.75. The Morgan fingerprint density at radius 2 is 1.31 bits per heavy atom. The average Bonchev–Trinajstić information content (AvgIpc) is 2.31. The van der Waals surface area contributed by atoms with Crippen molar-refractivity contribution in [3.8, 4) is 0 Å². The lowest BCUT2D eigenvalue weighted by Crippen LogP contribution is -2.11. The van der Waals surface area contributed by atoms with Crippen LogP contribution >= 0.6 is 28.5 Å². The molecule has 4 nitrogen and oxygen atoms in total. The van der Waals surface area contributed by atoms with Crippen molar-refractivity contribution in [3.63, 3.8) is 0 Å². The number of rotatable bonds is 13. The van der Waals surface area contributed by atoms with Crippen LogP contribution in [0.4, 0.5) is 0 Å². The number of ether oxygens (including phenoxy) is 3. The van der Waals surface area contributed by atoms with E-state index in [0.717, 1.165) is 13.0 Å². The Balaban J connectivity index is 2.83. The molecule has 0 aromatic heterocycles. The molecule has 0 radical (unpaired) electrons. The number of hydrogen-bond acceptors (Lipinski definition) is 4. The lowest BCUT2D eigenvalue weighted by molar-refractivity contribution is 0.00985. The molecule has 0 heterocycles. The van der Waals surface area contributed by atoms with Crippen molar-refractivity contribution in [2.45, 2.75) is 19.8 Å². The third-order valence-electron chi connectivity index (χ3n) is 1.77. The van der Waals surface area contributed by atoms with Gasteiger partial charge in [0.2, 0.25) is 0 Å². The van der Waals surface area contributed by atoms with Gasteiger partial charge in [-0.05, 0) is 28.5 Å². The Kier molecular flexibility index (Phi) is 17.0. The van der Waals surface area contributed by atoms with Gasteiger partial charge >= 0.3 is 0 Å². The zero-order valence-corrected chi connectivity index (χ0v) is 13.0. The third-order valence-corrected chi connectivity index (χ3v) is 3.02. The topological polar surface area (TPSA) is 36.9 Å². The van der Waals surface area contributed by atoms with E-state index in [9.17, 15) is 0 Å². The van der Waals surface area contributed by atoms with Gasteiger partial charge in [0.1, 0.15) is 0 Å². The van der Waals surface area contributed by atoms with Crippen molar-refractivity contribution < 1.29 is 18.7 Å². The minimum absolute atomic E-state index is 0.512. The van der Waals surface area contributed by atoms with Gasteiger partial charge in [-0.15, -0.1) is 0 Å². The normalized spacial score (nSPS) is 11.6. The van der Waals surface area contributed by atoms with E-state index in [1.807, 2.05) is 0 Å². The Morgan fingerprint density at radius 1 is 0.812 bits per heavy atom. The maximum absolute atomic E-state index is 5.35. The molecule has 1 unspecified atom stereocenters. The highest BCUT2D eigenvalue weighted by Gasteiger charge is 1.91. The van der Waals surface area contributed by atoms with E-state index in [1.165, 1.54) is 6.42 Å². The van der Waals surface area contributed by atoms with Crippen molar-refractivity contribution >= 4 is 28.5 Å².